The van der Waals surface area contributed by atoms with Crippen LogP contribution >= 0.6 is 27.5 Å². The molecule has 0 unspecified atom stereocenters. The molecule has 0 radical (unpaired) electrons. The Labute approximate surface area is 180 Å². The molecule has 148 valence electrons. The third-order valence-electron chi connectivity index (χ3n) is 4.46. The summed E-state index contributed by atoms with van der Waals surface area (Å²) in [5, 5.41) is 3.04. The van der Waals surface area contributed by atoms with Crippen LogP contribution < -0.4 is 9.62 Å². The van der Waals surface area contributed by atoms with Crippen LogP contribution in [0.4, 0.5) is 15.8 Å². The molecule has 3 aromatic carbocycles. The van der Waals surface area contributed by atoms with Crippen LogP contribution in [0.5, 0.6) is 0 Å². The molecule has 0 fully saturated rings. The van der Waals surface area contributed by atoms with E-state index in [0.29, 0.717) is 26.3 Å². The van der Waals surface area contributed by atoms with E-state index in [1.54, 1.807) is 36.4 Å². The molecule has 1 amide bonds. The van der Waals surface area contributed by atoms with Gasteiger partial charge in [-0.05, 0) is 58.4 Å². The predicted molar refractivity (Wildman–Crippen MR) is 114 cm³/mol. The number of hydrogen-bond acceptors (Lipinski definition) is 3. The molecule has 4 rings (SSSR count). The molecule has 1 heterocycles. The number of carbonyl (C=O) groups is 1. The van der Waals surface area contributed by atoms with E-state index in [9.17, 15) is 17.6 Å². The number of amides is 1. The molecular weight excluding hydrogens is 483 g/mol. The van der Waals surface area contributed by atoms with E-state index in [0.717, 1.165) is 4.31 Å². The molecule has 0 saturated heterocycles. The molecule has 0 bridgehead atoms. The molecule has 9 heteroatoms. The molecule has 0 aromatic heterocycles. The van der Waals surface area contributed by atoms with Crippen LogP contribution in [0.3, 0.4) is 0 Å². The monoisotopic (exact) mass is 494 g/mol. The van der Waals surface area contributed by atoms with Gasteiger partial charge < -0.3 is 5.32 Å². The zero-order chi connectivity index (χ0) is 20.8. The zero-order valence-corrected chi connectivity index (χ0v) is 17.9. The van der Waals surface area contributed by atoms with E-state index < -0.39 is 28.3 Å². The first-order valence-corrected chi connectivity index (χ1v) is 11.0. The van der Waals surface area contributed by atoms with Crippen LogP contribution in [0.1, 0.15) is 0 Å². The van der Waals surface area contributed by atoms with Crippen molar-refractivity contribution in [2.75, 3.05) is 16.2 Å². The molecule has 0 saturated carbocycles. The van der Waals surface area contributed by atoms with E-state index in [1.165, 1.54) is 24.3 Å². The fraction of sp³-hybridized carbons (Fsp3) is 0.0500. The van der Waals surface area contributed by atoms with Crippen LogP contribution in [-0.2, 0) is 14.8 Å². The Morgan fingerprint density at radius 2 is 1.83 bits per heavy atom. The maximum atomic E-state index is 13.9. The molecule has 1 aliphatic rings. The van der Waals surface area contributed by atoms with Gasteiger partial charge in [-0.25, -0.2) is 12.8 Å². The van der Waals surface area contributed by atoms with Gasteiger partial charge in [0.15, 0.2) is 0 Å². The number of carbonyl (C=O) groups excluding carboxylic acids is 1. The van der Waals surface area contributed by atoms with E-state index >= 15 is 0 Å². The quantitative estimate of drug-likeness (QED) is 0.553. The number of nitrogens with one attached hydrogen (secondary N) is 1. The summed E-state index contributed by atoms with van der Waals surface area (Å²) in [6, 6.07) is 15.0. The molecule has 0 aliphatic carbocycles. The highest BCUT2D eigenvalue weighted by Gasteiger charge is 2.36. The number of anilines is 2. The fourth-order valence-corrected chi connectivity index (χ4v) is 5.26. The van der Waals surface area contributed by atoms with Gasteiger partial charge in [-0.15, -0.1) is 0 Å². The molecule has 29 heavy (non-hydrogen) atoms. The first kappa shape index (κ1) is 19.9. The van der Waals surface area contributed by atoms with Crippen molar-refractivity contribution in [1.29, 1.82) is 0 Å². The molecular formula is C20H13BrClFN2O3S. The van der Waals surface area contributed by atoms with Crippen molar-refractivity contribution < 1.29 is 17.6 Å². The molecule has 0 atom stereocenters. The van der Waals surface area contributed by atoms with Crippen LogP contribution in [0.15, 0.2) is 70.0 Å². The van der Waals surface area contributed by atoms with Gasteiger partial charge in [0.05, 0.1) is 15.6 Å². The molecule has 3 aromatic rings. The van der Waals surface area contributed by atoms with Crippen LogP contribution in [0.2, 0.25) is 5.02 Å². The van der Waals surface area contributed by atoms with Gasteiger partial charge in [-0.2, -0.15) is 0 Å². The number of halogens is 3. The van der Waals surface area contributed by atoms with Crippen molar-refractivity contribution >= 4 is 54.8 Å². The topological polar surface area (TPSA) is 66.5 Å². The van der Waals surface area contributed by atoms with Gasteiger partial charge in [0, 0.05) is 21.3 Å². The Bertz CT molecular complexity index is 1250. The van der Waals surface area contributed by atoms with Crippen molar-refractivity contribution in [3.8, 4) is 11.1 Å². The second-order valence-corrected chi connectivity index (χ2v) is 9.44. The van der Waals surface area contributed by atoms with Gasteiger partial charge in [-0.1, -0.05) is 29.8 Å². The highest BCUT2D eigenvalue weighted by atomic mass is 79.9. The van der Waals surface area contributed by atoms with Gasteiger partial charge >= 0.3 is 0 Å². The normalized spacial score (nSPS) is 14.1. The Hall–Kier alpha value is -2.42. The van der Waals surface area contributed by atoms with Crippen molar-refractivity contribution in [2.24, 2.45) is 0 Å². The highest BCUT2D eigenvalue weighted by molar-refractivity contribution is 9.10. The molecule has 1 aliphatic heterocycles. The average Bonchev–Trinajstić information content (AvgIpc) is 2.68. The summed E-state index contributed by atoms with van der Waals surface area (Å²) in [5.41, 5.74) is 1.49. The molecule has 1 N–H and O–H groups in total. The van der Waals surface area contributed by atoms with Gasteiger partial charge in [-0.3, -0.25) is 9.10 Å². The number of fused-ring (bicyclic) bond motifs is 3. The van der Waals surface area contributed by atoms with E-state index in [-0.39, 0.29) is 10.6 Å². The van der Waals surface area contributed by atoms with Gasteiger partial charge in [0.1, 0.15) is 12.4 Å². The van der Waals surface area contributed by atoms with E-state index in [1.807, 2.05) is 0 Å². The SMILES string of the molecule is O=C(CN1c2ccc(F)cc2-c2ccccc2S1(=O)=O)Nc1ccc(Br)c(Cl)c1. The number of benzene rings is 3. The minimum atomic E-state index is -3.99. The van der Waals surface area contributed by atoms with Crippen molar-refractivity contribution in [1.82, 2.24) is 0 Å². The summed E-state index contributed by atoms with van der Waals surface area (Å²) >= 11 is 9.30. The summed E-state index contributed by atoms with van der Waals surface area (Å²) in [7, 11) is -3.99. The Kier molecular flexibility index (Phi) is 5.10. The van der Waals surface area contributed by atoms with Gasteiger partial charge in [0.2, 0.25) is 5.91 Å². The smallest absolute Gasteiger partial charge is 0.265 e. The minimum Gasteiger partial charge on any atom is -0.324 e. The third kappa shape index (κ3) is 3.63. The Morgan fingerprint density at radius 1 is 1.07 bits per heavy atom. The lowest BCUT2D eigenvalue weighted by molar-refractivity contribution is -0.114. The number of rotatable bonds is 3. The highest BCUT2D eigenvalue weighted by Crippen LogP contribution is 2.43. The van der Waals surface area contributed by atoms with Crippen LogP contribution in [0, 0.1) is 5.82 Å². The largest absolute Gasteiger partial charge is 0.324 e. The Balaban J connectivity index is 1.72. The first-order valence-electron chi connectivity index (χ1n) is 8.44. The number of sulfonamides is 1. The van der Waals surface area contributed by atoms with Crippen molar-refractivity contribution in [3.63, 3.8) is 0 Å². The second kappa shape index (κ2) is 7.44. The van der Waals surface area contributed by atoms with Gasteiger partial charge in [0.25, 0.3) is 10.0 Å². The van der Waals surface area contributed by atoms with Crippen molar-refractivity contribution in [3.05, 3.63) is 76.0 Å². The van der Waals surface area contributed by atoms with Crippen molar-refractivity contribution in [2.45, 2.75) is 4.90 Å². The first-order chi connectivity index (χ1) is 13.8. The zero-order valence-electron chi connectivity index (χ0n) is 14.7. The maximum Gasteiger partial charge on any atom is 0.265 e. The minimum absolute atomic E-state index is 0.0255. The molecule has 0 spiro atoms. The summed E-state index contributed by atoms with van der Waals surface area (Å²) in [6.45, 7) is -0.469. The summed E-state index contributed by atoms with van der Waals surface area (Å²) in [5.74, 6) is -1.05. The summed E-state index contributed by atoms with van der Waals surface area (Å²) < 4.78 is 41.8. The maximum absolute atomic E-state index is 13.9. The predicted octanol–water partition coefficient (Wildman–Crippen LogP) is 5.06. The summed E-state index contributed by atoms with van der Waals surface area (Å²) in [4.78, 5) is 12.6. The standard InChI is InChI=1S/C20H13BrClFN2O3S/c21-16-7-6-13(10-17(16)22)24-20(26)11-25-18-8-5-12(23)9-15(18)14-3-1-2-4-19(14)29(25,27)28/h1-10H,11H2,(H,24,26). The molecule has 5 nitrogen and oxygen atoms in total. The lowest BCUT2D eigenvalue weighted by Crippen LogP contribution is -2.40. The van der Waals surface area contributed by atoms with E-state index in [2.05, 4.69) is 21.2 Å². The number of hydrogen-bond donors (Lipinski definition) is 1. The lowest BCUT2D eigenvalue weighted by atomic mass is 10.0. The second-order valence-electron chi connectivity index (χ2n) is 6.35. The number of nitrogens with zero attached hydrogens (tertiary/aromatic N) is 1. The van der Waals surface area contributed by atoms with Crippen LogP contribution in [0.25, 0.3) is 11.1 Å². The van der Waals surface area contributed by atoms with E-state index in [4.69, 9.17) is 11.6 Å². The van der Waals surface area contributed by atoms with Crippen LogP contribution in [-0.4, -0.2) is 20.9 Å². The third-order valence-corrected chi connectivity index (χ3v) is 7.51. The lowest BCUT2D eigenvalue weighted by Gasteiger charge is -2.31. The summed E-state index contributed by atoms with van der Waals surface area (Å²) in [6.07, 6.45) is 0. The average molecular weight is 496 g/mol. The fourth-order valence-electron chi connectivity index (χ4n) is 3.18. The Morgan fingerprint density at radius 3 is 2.59 bits per heavy atom.